The van der Waals surface area contributed by atoms with Crippen molar-refractivity contribution in [1.82, 2.24) is 5.32 Å². The lowest BCUT2D eigenvalue weighted by Crippen LogP contribution is -2.44. The first-order chi connectivity index (χ1) is 15.3. The Morgan fingerprint density at radius 3 is 1.97 bits per heavy atom. The number of aliphatic hydroxyl groups is 1. The minimum atomic E-state index is -5.19. The van der Waals surface area contributed by atoms with Gasteiger partial charge in [0, 0.05) is 15.6 Å². The Morgan fingerprint density at radius 2 is 1.58 bits per heavy atom. The largest absolute Gasteiger partial charge is 0.478 e. The van der Waals surface area contributed by atoms with E-state index in [0.29, 0.717) is 0 Å². The molecule has 1 aliphatic rings. The Labute approximate surface area is 199 Å². The zero-order valence-electron chi connectivity index (χ0n) is 17.8. The molecular weight excluding hydrogens is 482 g/mol. The summed E-state index contributed by atoms with van der Waals surface area (Å²) in [6, 6.07) is 6.33. The highest BCUT2D eigenvalue weighted by molar-refractivity contribution is 6.34. The first-order valence-electron chi connectivity index (χ1n) is 10.2. The minimum Gasteiger partial charge on any atom is -0.478 e. The van der Waals surface area contributed by atoms with Crippen LogP contribution in [0.5, 0.6) is 0 Å². The number of hydrogen-bond acceptors (Lipinski definition) is 4. The van der Waals surface area contributed by atoms with Crippen LogP contribution in [-0.4, -0.2) is 41.2 Å². The van der Waals surface area contributed by atoms with Crippen molar-refractivity contribution >= 4 is 35.0 Å². The Bertz CT molecular complexity index is 978. The first-order valence-corrected chi connectivity index (χ1v) is 10.9. The predicted octanol–water partition coefficient (Wildman–Crippen LogP) is 5.78. The van der Waals surface area contributed by atoms with Crippen molar-refractivity contribution in [3.05, 3.63) is 68.7 Å². The Morgan fingerprint density at radius 1 is 1.00 bits per heavy atom. The van der Waals surface area contributed by atoms with Gasteiger partial charge in [-0.3, -0.25) is 4.79 Å². The van der Waals surface area contributed by atoms with Crippen LogP contribution in [0.25, 0.3) is 0 Å². The van der Waals surface area contributed by atoms with Crippen LogP contribution < -0.4 is 5.32 Å². The van der Waals surface area contributed by atoms with Gasteiger partial charge in [0.1, 0.15) is 0 Å². The molecule has 1 heterocycles. The molecule has 33 heavy (non-hydrogen) atoms. The lowest BCUT2D eigenvalue weighted by molar-refractivity contribution is -0.264. The lowest BCUT2D eigenvalue weighted by atomic mass is 9.86. The number of rotatable bonds is 5. The molecule has 2 aromatic carbocycles. The third kappa shape index (κ3) is 7.17. The van der Waals surface area contributed by atoms with Crippen LogP contribution in [0.3, 0.4) is 0 Å². The van der Waals surface area contributed by atoms with Gasteiger partial charge in [-0.05, 0) is 74.3 Å². The van der Waals surface area contributed by atoms with Gasteiger partial charge >= 0.3 is 12.1 Å². The number of carbonyl (C=O) groups is 2. The first kappa shape index (κ1) is 27.1. The smallest absolute Gasteiger partial charge is 0.421 e. The highest BCUT2D eigenvalue weighted by atomic mass is 35.5. The monoisotopic (exact) mass is 505 g/mol. The van der Waals surface area contributed by atoms with Crippen LogP contribution in [0.1, 0.15) is 57.5 Å². The number of carboxylic acids is 1. The van der Waals surface area contributed by atoms with Gasteiger partial charge in [-0.2, -0.15) is 13.2 Å². The van der Waals surface area contributed by atoms with E-state index in [4.69, 9.17) is 28.3 Å². The summed E-state index contributed by atoms with van der Waals surface area (Å²) >= 11 is 11.4. The molecule has 0 aromatic heterocycles. The molecule has 3 N–H and O–H groups in total. The maximum Gasteiger partial charge on any atom is 0.421 e. The van der Waals surface area contributed by atoms with Gasteiger partial charge in [-0.25, -0.2) is 4.79 Å². The van der Waals surface area contributed by atoms with E-state index in [1.807, 2.05) is 0 Å². The number of ketones is 1. The number of carbonyl (C=O) groups excluding carboxylic acids is 1. The van der Waals surface area contributed by atoms with E-state index in [0.717, 1.165) is 30.3 Å². The van der Waals surface area contributed by atoms with Gasteiger partial charge in [0.2, 0.25) is 0 Å². The SMILES string of the molecule is C1CCNCC1.Cc1cc(C(=O)CC(O)(c2cc(Cl)cc(Cl)c2)C(F)(F)F)ccc1C(=O)O. The number of benzene rings is 2. The summed E-state index contributed by atoms with van der Waals surface area (Å²) in [4.78, 5) is 23.4. The summed E-state index contributed by atoms with van der Waals surface area (Å²) < 4.78 is 40.8. The summed E-state index contributed by atoms with van der Waals surface area (Å²) in [6.07, 6.45) is -2.29. The average molecular weight is 506 g/mol. The van der Waals surface area contributed by atoms with Gasteiger partial charge < -0.3 is 15.5 Å². The van der Waals surface area contributed by atoms with Crippen LogP contribution in [0.2, 0.25) is 10.0 Å². The third-order valence-electron chi connectivity index (χ3n) is 5.21. The Kier molecular flexibility index (Phi) is 9.31. The summed E-state index contributed by atoms with van der Waals surface area (Å²) in [7, 11) is 0. The Hall–Kier alpha value is -2.13. The molecule has 0 bridgehead atoms. The number of nitrogens with one attached hydrogen (secondary N) is 1. The number of Topliss-reactive ketones (excluding diaryl/α,β-unsaturated/α-hetero) is 1. The van der Waals surface area contributed by atoms with E-state index < -0.39 is 35.5 Å². The molecule has 0 spiro atoms. The molecule has 0 aliphatic carbocycles. The minimum absolute atomic E-state index is 0.0840. The zero-order valence-corrected chi connectivity index (χ0v) is 19.3. The number of alkyl halides is 3. The highest BCUT2D eigenvalue weighted by Gasteiger charge is 2.56. The van der Waals surface area contributed by atoms with Crippen molar-refractivity contribution in [1.29, 1.82) is 0 Å². The second-order valence-corrected chi connectivity index (χ2v) is 8.63. The van der Waals surface area contributed by atoms with E-state index in [1.54, 1.807) is 0 Å². The fraction of sp³-hybridized carbons (Fsp3) is 0.391. The molecule has 10 heteroatoms. The summed E-state index contributed by atoms with van der Waals surface area (Å²) in [5.74, 6) is -2.25. The van der Waals surface area contributed by atoms with Crippen LogP contribution in [-0.2, 0) is 5.60 Å². The Balaban J connectivity index is 0.000000554. The quantitative estimate of drug-likeness (QED) is 0.448. The number of aromatic carboxylic acids is 1. The number of hydrogen-bond donors (Lipinski definition) is 3. The molecule has 1 fully saturated rings. The number of piperidine rings is 1. The van der Waals surface area contributed by atoms with Crippen molar-refractivity contribution in [2.24, 2.45) is 0 Å². The molecule has 2 aromatic rings. The van der Waals surface area contributed by atoms with Crippen LogP contribution >= 0.6 is 23.2 Å². The summed E-state index contributed by atoms with van der Waals surface area (Å²) in [6.45, 7) is 3.91. The summed E-state index contributed by atoms with van der Waals surface area (Å²) in [5, 5.41) is 22.4. The van der Waals surface area contributed by atoms with E-state index >= 15 is 0 Å². The molecule has 1 unspecified atom stereocenters. The van der Waals surface area contributed by atoms with E-state index in [2.05, 4.69) is 5.32 Å². The van der Waals surface area contributed by atoms with Gasteiger partial charge in [-0.15, -0.1) is 0 Å². The molecule has 5 nitrogen and oxygen atoms in total. The van der Waals surface area contributed by atoms with Crippen LogP contribution in [0, 0.1) is 6.92 Å². The lowest BCUT2D eigenvalue weighted by Gasteiger charge is -2.30. The van der Waals surface area contributed by atoms with Crippen molar-refractivity contribution in [3.8, 4) is 0 Å². The molecule has 180 valence electrons. The molecule has 1 atom stereocenters. The molecular formula is C23H24Cl2F3NO4. The van der Waals surface area contributed by atoms with Crippen molar-refractivity contribution in [2.45, 2.75) is 44.4 Å². The molecule has 0 radical (unpaired) electrons. The van der Waals surface area contributed by atoms with E-state index in [1.165, 1.54) is 45.3 Å². The average Bonchev–Trinajstić information content (AvgIpc) is 2.73. The van der Waals surface area contributed by atoms with E-state index in [-0.39, 0.29) is 26.7 Å². The van der Waals surface area contributed by atoms with Crippen molar-refractivity contribution in [2.75, 3.05) is 13.1 Å². The topological polar surface area (TPSA) is 86.6 Å². The fourth-order valence-corrected chi connectivity index (χ4v) is 3.90. The zero-order chi connectivity index (χ0) is 24.8. The van der Waals surface area contributed by atoms with Gasteiger partial charge in [0.25, 0.3) is 0 Å². The molecule has 1 aliphatic heterocycles. The van der Waals surface area contributed by atoms with Crippen LogP contribution in [0.15, 0.2) is 36.4 Å². The van der Waals surface area contributed by atoms with Gasteiger partial charge in [0.05, 0.1) is 12.0 Å². The fourth-order valence-electron chi connectivity index (χ4n) is 3.37. The molecule has 3 rings (SSSR count). The molecule has 0 saturated carbocycles. The summed E-state index contributed by atoms with van der Waals surface area (Å²) in [5.41, 5.74) is -4.22. The normalized spacial score (nSPS) is 15.7. The van der Waals surface area contributed by atoms with Gasteiger partial charge in [0.15, 0.2) is 11.4 Å². The van der Waals surface area contributed by atoms with Crippen molar-refractivity contribution < 1.29 is 33.0 Å². The molecule has 0 amide bonds. The van der Waals surface area contributed by atoms with Gasteiger partial charge in [-0.1, -0.05) is 35.7 Å². The maximum atomic E-state index is 13.6. The molecule has 1 saturated heterocycles. The third-order valence-corrected chi connectivity index (χ3v) is 5.65. The standard InChI is InChI=1S/C18H13Cl2F3O4.C5H11N/c1-9-4-10(2-3-14(9)16(25)26)15(24)8-17(27,18(21,22)23)11-5-12(19)7-13(20)6-11;1-2-4-6-5-3-1/h2-7,27H,8H2,1H3,(H,25,26);6H,1-5H2. The van der Waals surface area contributed by atoms with E-state index in [9.17, 15) is 27.9 Å². The predicted molar refractivity (Wildman–Crippen MR) is 120 cm³/mol. The maximum absolute atomic E-state index is 13.6. The number of aryl methyl sites for hydroxylation is 1. The number of halogens is 5. The van der Waals surface area contributed by atoms with Crippen molar-refractivity contribution in [3.63, 3.8) is 0 Å². The second kappa shape index (κ2) is 11.3. The van der Waals surface area contributed by atoms with Crippen LogP contribution in [0.4, 0.5) is 13.2 Å². The second-order valence-electron chi connectivity index (χ2n) is 7.76. The highest BCUT2D eigenvalue weighted by Crippen LogP contribution is 2.43. The number of carboxylic acid groups (broad SMARTS) is 1.